The molecule has 0 saturated heterocycles. The highest BCUT2D eigenvalue weighted by atomic mass is 35.5. The van der Waals surface area contributed by atoms with Crippen LogP contribution in [0, 0.1) is 0 Å². The molecular formula is C30H35ClN2O. The number of Topliss-reactive ketones (excluding diaryl/α,β-unsaturated/α-hetero) is 1. The van der Waals surface area contributed by atoms with Gasteiger partial charge in [-0.2, -0.15) is 0 Å². The normalized spacial score (nSPS) is 11.4. The largest absolute Gasteiger partial charge is 0.344 e. The minimum absolute atomic E-state index is 0.0597. The lowest BCUT2D eigenvalue weighted by Crippen LogP contribution is -2.07. The molecule has 0 saturated carbocycles. The molecule has 0 aliphatic heterocycles. The molecule has 0 aliphatic rings. The summed E-state index contributed by atoms with van der Waals surface area (Å²) in [6, 6.07) is 25.6. The van der Waals surface area contributed by atoms with Gasteiger partial charge >= 0.3 is 0 Å². The number of ketones is 1. The summed E-state index contributed by atoms with van der Waals surface area (Å²) in [5.41, 5.74) is 5.00. The maximum absolute atomic E-state index is 11.3. The fourth-order valence-electron chi connectivity index (χ4n) is 3.27. The number of halogens is 1. The Kier molecular flexibility index (Phi) is 11.8. The van der Waals surface area contributed by atoms with Gasteiger partial charge in [0.05, 0.1) is 5.70 Å². The average molecular weight is 475 g/mol. The Morgan fingerprint density at radius 3 is 2.03 bits per heavy atom. The van der Waals surface area contributed by atoms with E-state index in [1.165, 1.54) is 18.4 Å². The number of hydrogen-bond donors (Lipinski definition) is 1. The Bertz CT molecular complexity index is 1070. The summed E-state index contributed by atoms with van der Waals surface area (Å²) in [4.78, 5) is 16.1. The quantitative estimate of drug-likeness (QED) is 0.201. The Morgan fingerprint density at radius 2 is 1.47 bits per heavy atom. The number of amidine groups is 1. The molecule has 3 aromatic rings. The number of rotatable bonds is 8. The summed E-state index contributed by atoms with van der Waals surface area (Å²) >= 11 is 5.98. The van der Waals surface area contributed by atoms with Crippen molar-refractivity contribution in [3.63, 3.8) is 0 Å². The van der Waals surface area contributed by atoms with Crippen molar-refractivity contribution in [2.75, 3.05) is 5.32 Å². The minimum Gasteiger partial charge on any atom is -0.344 e. The number of aliphatic imine (C=N–C) groups is 1. The van der Waals surface area contributed by atoms with E-state index in [-0.39, 0.29) is 5.78 Å². The molecule has 0 fully saturated rings. The van der Waals surface area contributed by atoms with Gasteiger partial charge in [0.25, 0.3) is 0 Å². The molecule has 178 valence electrons. The van der Waals surface area contributed by atoms with Crippen molar-refractivity contribution < 1.29 is 4.79 Å². The number of anilines is 1. The minimum atomic E-state index is 0.0597. The van der Waals surface area contributed by atoms with Crippen molar-refractivity contribution in [3.8, 4) is 0 Å². The van der Waals surface area contributed by atoms with E-state index in [1.54, 1.807) is 6.92 Å². The van der Waals surface area contributed by atoms with Crippen LogP contribution in [0.25, 0.3) is 5.70 Å². The van der Waals surface area contributed by atoms with Crippen LogP contribution < -0.4 is 5.32 Å². The van der Waals surface area contributed by atoms with Gasteiger partial charge in [-0.15, -0.1) is 0 Å². The van der Waals surface area contributed by atoms with E-state index in [9.17, 15) is 4.79 Å². The molecular weight excluding hydrogens is 440 g/mol. The highest BCUT2D eigenvalue weighted by Crippen LogP contribution is 2.20. The SMILES string of the molecule is CCC/C=C(\N=C(C)Nc1ccc(C(C)=O)cc1)c1ccc(Cl)cc1.CCCc1ccccc1. The zero-order chi connectivity index (χ0) is 24.8. The van der Waals surface area contributed by atoms with Crippen LogP contribution in [0.4, 0.5) is 5.69 Å². The molecule has 3 aromatic carbocycles. The second-order valence-corrected chi connectivity index (χ2v) is 8.51. The third kappa shape index (κ3) is 9.76. The van der Waals surface area contributed by atoms with Crippen LogP contribution in [0.1, 0.15) is 68.4 Å². The number of unbranched alkanes of at least 4 members (excludes halogenated alkanes) is 1. The summed E-state index contributed by atoms with van der Waals surface area (Å²) in [6.07, 6.45) is 6.60. The topological polar surface area (TPSA) is 41.5 Å². The summed E-state index contributed by atoms with van der Waals surface area (Å²) in [7, 11) is 0. The monoisotopic (exact) mass is 474 g/mol. The second-order valence-electron chi connectivity index (χ2n) is 8.08. The number of aryl methyl sites for hydroxylation is 1. The molecule has 0 bridgehead atoms. The fraction of sp³-hybridized carbons (Fsp3) is 0.267. The zero-order valence-electron chi connectivity index (χ0n) is 20.6. The highest BCUT2D eigenvalue weighted by Gasteiger charge is 2.03. The molecule has 3 nitrogen and oxygen atoms in total. The number of nitrogens with zero attached hydrogens (tertiary/aromatic N) is 1. The van der Waals surface area contributed by atoms with Gasteiger partial charge in [-0.1, -0.05) is 86.8 Å². The Hall–Kier alpha value is -3.17. The molecule has 0 atom stereocenters. The van der Waals surface area contributed by atoms with E-state index in [2.05, 4.69) is 55.6 Å². The number of benzene rings is 3. The molecule has 0 amide bonds. The molecule has 0 aromatic heterocycles. The van der Waals surface area contributed by atoms with Gasteiger partial charge in [-0.05, 0) is 74.2 Å². The smallest absolute Gasteiger partial charge is 0.159 e. The van der Waals surface area contributed by atoms with Crippen molar-refractivity contribution >= 4 is 34.6 Å². The van der Waals surface area contributed by atoms with E-state index >= 15 is 0 Å². The van der Waals surface area contributed by atoms with E-state index in [0.717, 1.165) is 35.6 Å². The Morgan fingerprint density at radius 1 is 0.853 bits per heavy atom. The number of nitrogens with one attached hydrogen (secondary N) is 1. The molecule has 4 heteroatoms. The molecule has 0 heterocycles. The van der Waals surface area contributed by atoms with Crippen LogP contribution in [0.2, 0.25) is 5.02 Å². The third-order valence-electron chi connectivity index (χ3n) is 5.05. The molecule has 0 spiro atoms. The van der Waals surface area contributed by atoms with E-state index in [0.29, 0.717) is 10.6 Å². The summed E-state index contributed by atoms with van der Waals surface area (Å²) in [5, 5.41) is 3.98. The van der Waals surface area contributed by atoms with Gasteiger partial charge < -0.3 is 5.32 Å². The van der Waals surface area contributed by atoms with E-state index in [4.69, 9.17) is 16.6 Å². The maximum atomic E-state index is 11.3. The van der Waals surface area contributed by atoms with Gasteiger partial charge in [-0.25, -0.2) is 4.99 Å². The lowest BCUT2D eigenvalue weighted by molar-refractivity contribution is 0.101. The number of carbonyl (C=O) groups is 1. The average Bonchev–Trinajstić information content (AvgIpc) is 2.84. The molecule has 0 unspecified atom stereocenters. The van der Waals surface area contributed by atoms with Crippen LogP contribution in [-0.4, -0.2) is 11.6 Å². The predicted octanol–water partition coefficient (Wildman–Crippen LogP) is 8.85. The fourth-order valence-corrected chi connectivity index (χ4v) is 3.39. The Labute approximate surface area is 209 Å². The first kappa shape index (κ1) is 27.1. The van der Waals surface area contributed by atoms with Gasteiger partial charge in [0.1, 0.15) is 5.84 Å². The van der Waals surface area contributed by atoms with Gasteiger partial charge in [0.2, 0.25) is 0 Å². The summed E-state index contributed by atoms with van der Waals surface area (Å²) in [5.74, 6) is 0.845. The summed E-state index contributed by atoms with van der Waals surface area (Å²) in [6.45, 7) is 7.83. The Balaban J connectivity index is 0.000000379. The molecule has 1 N–H and O–H groups in total. The van der Waals surface area contributed by atoms with Gasteiger partial charge in [-0.3, -0.25) is 4.79 Å². The van der Waals surface area contributed by atoms with Crippen molar-refractivity contribution in [3.05, 3.63) is 107 Å². The maximum Gasteiger partial charge on any atom is 0.159 e. The van der Waals surface area contributed by atoms with Crippen LogP contribution in [0.5, 0.6) is 0 Å². The van der Waals surface area contributed by atoms with E-state index in [1.807, 2.05) is 55.5 Å². The lowest BCUT2D eigenvalue weighted by Gasteiger charge is -2.09. The van der Waals surface area contributed by atoms with Crippen LogP contribution in [0.15, 0.2) is 89.9 Å². The van der Waals surface area contributed by atoms with Crippen LogP contribution in [0.3, 0.4) is 0 Å². The van der Waals surface area contributed by atoms with Gasteiger partial charge in [0.15, 0.2) is 5.78 Å². The molecule has 0 radical (unpaired) electrons. The number of hydrogen-bond acceptors (Lipinski definition) is 2. The van der Waals surface area contributed by atoms with Crippen molar-refractivity contribution in [2.24, 2.45) is 4.99 Å². The zero-order valence-corrected chi connectivity index (χ0v) is 21.4. The first-order valence-electron chi connectivity index (χ1n) is 11.9. The van der Waals surface area contributed by atoms with Crippen molar-refractivity contribution in [1.82, 2.24) is 0 Å². The summed E-state index contributed by atoms with van der Waals surface area (Å²) < 4.78 is 0. The first-order valence-corrected chi connectivity index (χ1v) is 12.2. The van der Waals surface area contributed by atoms with Crippen LogP contribution >= 0.6 is 11.6 Å². The predicted molar refractivity (Wildman–Crippen MR) is 148 cm³/mol. The van der Waals surface area contributed by atoms with E-state index < -0.39 is 0 Å². The lowest BCUT2D eigenvalue weighted by atomic mass is 10.1. The molecule has 34 heavy (non-hydrogen) atoms. The second kappa shape index (κ2) is 14.9. The standard InChI is InChI=1S/C21H23ClN2O.C9H12/c1-4-5-6-21(18-7-11-19(22)12-8-18)24-16(3)23-20-13-9-17(10-14-20)15(2)25;1-2-6-9-7-4-3-5-8-9/h6-14H,4-5H2,1-3H3,(H,23,24);3-5,7-8H,2,6H2,1H3/b21-6-;. The number of allylic oxidation sites excluding steroid dienone is 1. The van der Waals surface area contributed by atoms with Crippen molar-refractivity contribution in [1.29, 1.82) is 0 Å². The van der Waals surface area contributed by atoms with Crippen LogP contribution in [-0.2, 0) is 6.42 Å². The highest BCUT2D eigenvalue weighted by molar-refractivity contribution is 6.30. The van der Waals surface area contributed by atoms with Crippen molar-refractivity contribution in [2.45, 2.75) is 53.4 Å². The third-order valence-corrected chi connectivity index (χ3v) is 5.30. The molecule has 0 aliphatic carbocycles. The molecule has 3 rings (SSSR count). The van der Waals surface area contributed by atoms with Gasteiger partial charge in [0, 0.05) is 16.3 Å². The first-order chi connectivity index (χ1) is 16.4. The number of carbonyl (C=O) groups excluding carboxylic acids is 1.